The number of nitrogens with one attached hydrogen (secondary N) is 1. The van der Waals surface area contributed by atoms with Gasteiger partial charge < -0.3 is 14.8 Å². The number of H-pyrrole nitrogens is 1. The third-order valence-electron chi connectivity index (χ3n) is 1.46. The van der Waals surface area contributed by atoms with Gasteiger partial charge in [-0.15, -0.1) is 0 Å². The first kappa shape index (κ1) is 9.99. The van der Waals surface area contributed by atoms with Gasteiger partial charge in [-0.05, 0) is 17.5 Å². The normalized spacial score (nSPS) is 9.77. The van der Waals surface area contributed by atoms with Gasteiger partial charge in [0.05, 0.1) is 0 Å². The van der Waals surface area contributed by atoms with Crippen LogP contribution in [0.5, 0.6) is 0 Å². The van der Waals surface area contributed by atoms with Crippen LogP contribution in [0.25, 0.3) is 10.9 Å². The van der Waals surface area contributed by atoms with Gasteiger partial charge in [-0.2, -0.15) is 0 Å². The molecule has 0 bridgehead atoms. The quantitative estimate of drug-likeness (QED) is 0.563. The molecule has 0 aliphatic rings. The molecule has 0 unspecified atom stereocenters. The molecule has 70 valence electrons. The van der Waals surface area contributed by atoms with Crippen molar-refractivity contribution in [1.29, 1.82) is 0 Å². The maximum Gasteiger partial charge on any atom is 0.314 e. The SMILES string of the molecule is O=[PH](O)O.c1ccc2[nH]ccc2c1. The van der Waals surface area contributed by atoms with Crippen LogP contribution in [0.3, 0.4) is 0 Å². The predicted octanol–water partition coefficient (Wildman–Crippen LogP) is 1.53. The highest BCUT2D eigenvalue weighted by atomic mass is 31.1. The van der Waals surface area contributed by atoms with Crippen molar-refractivity contribution in [3.63, 3.8) is 0 Å². The molecule has 5 heteroatoms. The molecule has 1 heterocycles. The average molecular weight is 199 g/mol. The smallest absolute Gasteiger partial charge is 0.314 e. The van der Waals surface area contributed by atoms with E-state index in [-0.39, 0.29) is 0 Å². The molecule has 4 nitrogen and oxygen atoms in total. The summed E-state index contributed by atoms with van der Waals surface area (Å²) in [4.78, 5) is 17.4. The van der Waals surface area contributed by atoms with Gasteiger partial charge in [-0.25, -0.2) is 0 Å². The second-order valence-electron chi connectivity index (χ2n) is 2.35. The number of aromatic nitrogens is 1. The van der Waals surface area contributed by atoms with Crippen LogP contribution in [0.1, 0.15) is 0 Å². The fourth-order valence-corrected chi connectivity index (χ4v) is 0.995. The third kappa shape index (κ3) is 3.42. The first-order valence-electron chi connectivity index (χ1n) is 3.64. The van der Waals surface area contributed by atoms with Crippen molar-refractivity contribution < 1.29 is 14.4 Å². The van der Waals surface area contributed by atoms with Crippen LogP contribution in [0, 0.1) is 0 Å². The molecule has 0 spiro atoms. The first-order chi connectivity index (χ1) is 6.20. The fraction of sp³-hybridized carbons (Fsp3) is 0. The lowest BCUT2D eigenvalue weighted by Crippen LogP contribution is -1.61. The second kappa shape index (κ2) is 4.82. The molecule has 1 aromatic carbocycles. The number of hydrogen-bond donors (Lipinski definition) is 3. The van der Waals surface area contributed by atoms with E-state index in [2.05, 4.69) is 23.2 Å². The standard InChI is InChI=1S/C8H7N.H3O3P/c1-2-4-8-7(3-1)5-6-9-8;1-4(2)3/h1-6,9H;4H,(H2,1,2,3). The monoisotopic (exact) mass is 199 g/mol. The Morgan fingerprint density at radius 3 is 2.38 bits per heavy atom. The Hall–Kier alpha value is -1.09. The van der Waals surface area contributed by atoms with Crippen molar-refractivity contribution in [2.24, 2.45) is 0 Å². The van der Waals surface area contributed by atoms with Crippen LogP contribution < -0.4 is 0 Å². The van der Waals surface area contributed by atoms with Gasteiger partial charge in [0, 0.05) is 11.7 Å². The van der Waals surface area contributed by atoms with Crippen molar-refractivity contribution in [2.75, 3.05) is 0 Å². The second-order valence-corrected chi connectivity index (χ2v) is 2.91. The minimum atomic E-state index is -3.13. The van der Waals surface area contributed by atoms with Crippen LogP contribution in [-0.2, 0) is 4.57 Å². The summed E-state index contributed by atoms with van der Waals surface area (Å²) in [5.41, 5.74) is 1.21. The van der Waals surface area contributed by atoms with Crippen molar-refractivity contribution in [3.05, 3.63) is 36.5 Å². The minimum Gasteiger partial charge on any atom is -0.361 e. The lowest BCUT2D eigenvalue weighted by atomic mass is 10.3. The molecule has 1 aromatic heterocycles. The maximum absolute atomic E-state index is 8.74. The molecular formula is C8H10NO3P. The average Bonchev–Trinajstić information content (AvgIpc) is 2.49. The zero-order valence-corrected chi connectivity index (χ0v) is 7.77. The number of fused-ring (bicyclic) bond motifs is 1. The highest BCUT2D eigenvalue weighted by Gasteiger charge is 1.86. The van der Waals surface area contributed by atoms with E-state index < -0.39 is 8.25 Å². The summed E-state index contributed by atoms with van der Waals surface area (Å²) < 4.78 is 8.74. The van der Waals surface area contributed by atoms with Crippen LogP contribution in [0.4, 0.5) is 0 Å². The molecule has 0 aliphatic heterocycles. The number of rotatable bonds is 0. The first-order valence-corrected chi connectivity index (χ1v) is 4.94. The fourth-order valence-electron chi connectivity index (χ4n) is 0.995. The van der Waals surface area contributed by atoms with Gasteiger partial charge in [0.2, 0.25) is 0 Å². The summed E-state index contributed by atoms with van der Waals surface area (Å²) in [6, 6.07) is 10.3. The Bertz CT molecular complexity index is 365. The summed E-state index contributed by atoms with van der Waals surface area (Å²) in [7, 11) is -3.13. The highest BCUT2D eigenvalue weighted by Crippen LogP contribution is 2.09. The summed E-state index contributed by atoms with van der Waals surface area (Å²) in [5.74, 6) is 0. The predicted molar refractivity (Wildman–Crippen MR) is 51.7 cm³/mol. The van der Waals surface area contributed by atoms with E-state index in [0.29, 0.717) is 0 Å². The Morgan fingerprint density at radius 2 is 1.77 bits per heavy atom. The molecule has 0 fully saturated rings. The topological polar surface area (TPSA) is 73.3 Å². The van der Waals surface area contributed by atoms with E-state index in [4.69, 9.17) is 14.4 Å². The van der Waals surface area contributed by atoms with Gasteiger partial charge in [0.15, 0.2) is 0 Å². The summed E-state index contributed by atoms with van der Waals surface area (Å²) in [6.07, 6.45) is 1.95. The molecule has 2 aromatic rings. The maximum atomic E-state index is 8.74. The van der Waals surface area contributed by atoms with Crippen LogP contribution in [-0.4, -0.2) is 14.8 Å². The molecule has 0 saturated carbocycles. The lowest BCUT2D eigenvalue weighted by molar-refractivity contribution is 0.405. The number of para-hydroxylation sites is 1. The molecular weight excluding hydrogens is 189 g/mol. The molecule has 0 radical (unpaired) electrons. The zero-order chi connectivity index (χ0) is 9.68. The summed E-state index contributed by atoms with van der Waals surface area (Å²) >= 11 is 0. The Morgan fingerprint density at radius 1 is 1.15 bits per heavy atom. The Kier molecular flexibility index (Phi) is 3.71. The van der Waals surface area contributed by atoms with Crippen LogP contribution >= 0.6 is 8.25 Å². The molecule has 0 amide bonds. The van der Waals surface area contributed by atoms with E-state index >= 15 is 0 Å². The zero-order valence-electron chi connectivity index (χ0n) is 6.77. The number of aromatic amines is 1. The van der Waals surface area contributed by atoms with E-state index in [0.717, 1.165) is 0 Å². The van der Waals surface area contributed by atoms with E-state index in [1.165, 1.54) is 10.9 Å². The third-order valence-corrected chi connectivity index (χ3v) is 1.46. The van der Waals surface area contributed by atoms with Gasteiger partial charge in [0.25, 0.3) is 0 Å². The minimum absolute atomic E-state index is 1.21. The Labute approximate surface area is 75.8 Å². The largest absolute Gasteiger partial charge is 0.361 e. The van der Waals surface area contributed by atoms with Crippen molar-refractivity contribution in [3.8, 4) is 0 Å². The van der Waals surface area contributed by atoms with Crippen LogP contribution in [0.2, 0.25) is 0 Å². The van der Waals surface area contributed by atoms with Gasteiger partial charge in [-0.3, -0.25) is 4.57 Å². The number of benzene rings is 1. The molecule has 0 saturated heterocycles. The van der Waals surface area contributed by atoms with Crippen molar-refractivity contribution in [1.82, 2.24) is 4.98 Å². The highest BCUT2D eigenvalue weighted by molar-refractivity contribution is 7.30. The van der Waals surface area contributed by atoms with Gasteiger partial charge >= 0.3 is 8.25 Å². The summed E-state index contributed by atoms with van der Waals surface area (Å²) in [6.45, 7) is 0. The van der Waals surface area contributed by atoms with Gasteiger partial charge in [0.1, 0.15) is 0 Å². The van der Waals surface area contributed by atoms with E-state index in [1.54, 1.807) is 0 Å². The van der Waals surface area contributed by atoms with E-state index in [1.807, 2.05) is 18.3 Å². The van der Waals surface area contributed by atoms with E-state index in [9.17, 15) is 0 Å². The van der Waals surface area contributed by atoms with Crippen molar-refractivity contribution >= 4 is 19.2 Å². The van der Waals surface area contributed by atoms with Gasteiger partial charge in [-0.1, -0.05) is 18.2 Å². The lowest BCUT2D eigenvalue weighted by Gasteiger charge is -1.83. The molecule has 13 heavy (non-hydrogen) atoms. The van der Waals surface area contributed by atoms with Crippen LogP contribution in [0.15, 0.2) is 36.5 Å². The van der Waals surface area contributed by atoms with Crippen molar-refractivity contribution in [2.45, 2.75) is 0 Å². The number of hydrogen-bond acceptors (Lipinski definition) is 1. The molecule has 3 N–H and O–H groups in total. The molecule has 0 aliphatic carbocycles. The Balaban J connectivity index is 0.000000184. The molecule has 2 rings (SSSR count). The molecule has 0 atom stereocenters. The summed E-state index contributed by atoms with van der Waals surface area (Å²) in [5, 5.41) is 1.28.